The largest absolute Gasteiger partial charge is 0.357 e. The van der Waals surface area contributed by atoms with Crippen LogP contribution in [0.15, 0.2) is 29.3 Å². The van der Waals surface area contributed by atoms with Gasteiger partial charge in [-0.15, -0.1) is 24.0 Å². The Hall–Kier alpha value is -1.39. The summed E-state index contributed by atoms with van der Waals surface area (Å²) in [4.78, 5) is 21.8. The second-order valence-electron chi connectivity index (χ2n) is 8.83. The third-order valence-electron chi connectivity index (χ3n) is 5.11. The van der Waals surface area contributed by atoms with E-state index in [-0.39, 0.29) is 42.0 Å². The fourth-order valence-corrected chi connectivity index (χ4v) is 3.50. The molecule has 7 nitrogen and oxygen atoms in total. The van der Waals surface area contributed by atoms with Gasteiger partial charge in [-0.1, -0.05) is 31.2 Å². The van der Waals surface area contributed by atoms with E-state index in [0.29, 0.717) is 12.5 Å². The van der Waals surface area contributed by atoms with Crippen LogP contribution in [0.4, 0.5) is 0 Å². The van der Waals surface area contributed by atoms with Crippen molar-refractivity contribution in [3.8, 4) is 0 Å². The molecule has 1 saturated heterocycles. The number of benzene rings is 1. The minimum atomic E-state index is -0.240. The maximum absolute atomic E-state index is 12.1. The summed E-state index contributed by atoms with van der Waals surface area (Å²) in [5.74, 6) is 0.618. The Morgan fingerprint density at radius 2 is 1.61 bits per heavy atom. The van der Waals surface area contributed by atoms with Crippen molar-refractivity contribution in [2.45, 2.75) is 53.2 Å². The lowest BCUT2D eigenvalue weighted by atomic mass is 10.1. The summed E-state index contributed by atoms with van der Waals surface area (Å²) in [5, 5.41) is 9.32. The Morgan fingerprint density at radius 3 is 2.19 bits per heavy atom. The fourth-order valence-electron chi connectivity index (χ4n) is 3.50. The van der Waals surface area contributed by atoms with Crippen molar-refractivity contribution < 1.29 is 4.79 Å². The Morgan fingerprint density at radius 1 is 1.00 bits per heavy atom. The van der Waals surface area contributed by atoms with Crippen LogP contribution in [0.1, 0.15) is 45.7 Å². The van der Waals surface area contributed by atoms with Crippen LogP contribution in [0.2, 0.25) is 0 Å². The lowest BCUT2D eigenvalue weighted by molar-refractivity contribution is -0.121. The zero-order chi connectivity index (χ0) is 22.0. The molecule has 1 aromatic rings. The van der Waals surface area contributed by atoms with Crippen LogP contribution in [-0.4, -0.2) is 73.0 Å². The third-order valence-corrected chi connectivity index (χ3v) is 5.11. The van der Waals surface area contributed by atoms with Gasteiger partial charge in [-0.2, -0.15) is 0 Å². The molecule has 0 atom stereocenters. The highest BCUT2D eigenvalue weighted by molar-refractivity contribution is 14.0. The van der Waals surface area contributed by atoms with Crippen LogP contribution >= 0.6 is 24.0 Å². The Bertz CT molecular complexity index is 696. The zero-order valence-electron chi connectivity index (χ0n) is 19.8. The molecule has 1 aromatic carbocycles. The fraction of sp³-hybridized carbons (Fsp3) is 0.652. The molecule has 176 valence electrons. The van der Waals surface area contributed by atoms with Crippen LogP contribution in [0.25, 0.3) is 0 Å². The maximum Gasteiger partial charge on any atom is 0.239 e. The van der Waals surface area contributed by atoms with E-state index in [1.54, 1.807) is 0 Å². The molecule has 2 rings (SSSR count). The molecule has 0 bridgehead atoms. The number of likely N-dealkylation sites (N-methyl/N-ethyl adjacent to an activating group) is 1. The first-order valence-electron chi connectivity index (χ1n) is 11.2. The van der Waals surface area contributed by atoms with E-state index in [9.17, 15) is 4.79 Å². The van der Waals surface area contributed by atoms with Crippen molar-refractivity contribution >= 4 is 35.8 Å². The van der Waals surface area contributed by atoms with E-state index in [4.69, 9.17) is 4.99 Å². The molecule has 1 amide bonds. The van der Waals surface area contributed by atoms with Crippen molar-refractivity contribution in [2.24, 2.45) is 4.99 Å². The normalized spacial score (nSPS) is 15.8. The van der Waals surface area contributed by atoms with Gasteiger partial charge in [0, 0.05) is 44.8 Å². The van der Waals surface area contributed by atoms with Gasteiger partial charge in [-0.3, -0.25) is 9.69 Å². The Labute approximate surface area is 205 Å². The molecule has 0 saturated carbocycles. The number of piperazine rings is 1. The number of rotatable bonds is 8. The molecule has 31 heavy (non-hydrogen) atoms. The number of guanidine groups is 1. The molecule has 0 aliphatic carbocycles. The van der Waals surface area contributed by atoms with E-state index in [0.717, 1.165) is 45.8 Å². The maximum atomic E-state index is 12.1. The smallest absolute Gasteiger partial charge is 0.239 e. The van der Waals surface area contributed by atoms with E-state index in [1.165, 1.54) is 11.1 Å². The molecule has 0 aromatic heterocycles. The summed E-state index contributed by atoms with van der Waals surface area (Å²) in [7, 11) is 0. The number of nitrogens with one attached hydrogen (secondary N) is 3. The molecule has 8 heteroatoms. The number of nitrogens with zero attached hydrogens (tertiary/aromatic N) is 3. The molecule has 3 N–H and O–H groups in total. The van der Waals surface area contributed by atoms with Crippen LogP contribution < -0.4 is 16.0 Å². The van der Waals surface area contributed by atoms with Crippen LogP contribution in [0.5, 0.6) is 0 Å². The monoisotopic (exact) mass is 544 g/mol. The number of carbonyl (C=O) groups is 1. The van der Waals surface area contributed by atoms with Gasteiger partial charge < -0.3 is 20.9 Å². The van der Waals surface area contributed by atoms with E-state index in [1.807, 2.05) is 27.7 Å². The Balaban J connectivity index is 0.00000480. The molecular weight excluding hydrogens is 503 g/mol. The molecule has 1 fully saturated rings. The van der Waals surface area contributed by atoms with E-state index >= 15 is 0 Å². The lowest BCUT2D eigenvalue weighted by Gasteiger charge is -2.34. The molecule has 1 aliphatic heterocycles. The second-order valence-corrected chi connectivity index (χ2v) is 8.83. The van der Waals surface area contributed by atoms with Crippen molar-refractivity contribution in [3.63, 3.8) is 0 Å². The number of hydrogen-bond acceptors (Lipinski definition) is 4. The van der Waals surface area contributed by atoms with Crippen LogP contribution in [0, 0.1) is 0 Å². The zero-order valence-corrected chi connectivity index (χ0v) is 22.2. The second kappa shape index (κ2) is 13.9. The third kappa shape index (κ3) is 10.7. The first kappa shape index (κ1) is 27.6. The molecule has 0 spiro atoms. The average Bonchev–Trinajstić information content (AvgIpc) is 2.70. The summed E-state index contributed by atoms with van der Waals surface area (Å²) >= 11 is 0. The first-order valence-corrected chi connectivity index (χ1v) is 11.2. The van der Waals surface area contributed by atoms with Gasteiger partial charge in [-0.05, 0) is 45.4 Å². The van der Waals surface area contributed by atoms with Crippen molar-refractivity contribution in [3.05, 3.63) is 35.4 Å². The predicted octanol–water partition coefficient (Wildman–Crippen LogP) is 2.41. The van der Waals surface area contributed by atoms with Gasteiger partial charge in [0.2, 0.25) is 5.91 Å². The molecule has 0 unspecified atom stereocenters. The topological polar surface area (TPSA) is 72.0 Å². The van der Waals surface area contributed by atoms with Crippen LogP contribution in [-0.2, 0) is 17.9 Å². The van der Waals surface area contributed by atoms with Crippen molar-refractivity contribution in [2.75, 3.05) is 45.8 Å². The first-order chi connectivity index (χ1) is 14.3. The van der Waals surface area contributed by atoms with Crippen LogP contribution in [0.3, 0.4) is 0 Å². The summed E-state index contributed by atoms with van der Waals surface area (Å²) in [6, 6.07) is 8.52. The number of halogens is 1. The van der Waals surface area contributed by atoms with Gasteiger partial charge in [0.05, 0.1) is 13.1 Å². The number of hydrogen-bond donors (Lipinski definition) is 3. The predicted molar refractivity (Wildman–Crippen MR) is 140 cm³/mol. The minimum absolute atomic E-state index is 0. The highest BCUT2D eigenvalue weighted by Gasteiger charge is 2.17. The summed E-state index contributed by atoms with van der Waals surface area (Å²) in [6.45, 7) is 18.3. The van der Waals surface area contributed by atoms with Crippen molar-refractivity contribution in [1.29, 1.82) is 0 Å². The molecule has 1 heterocycles. The summed E-state index contributed by atoms with van der Waals surface area (Å²) in [5.41, 5.74) is 2.31. The number of carbonyl (C=O) groups excluding carboxylic acids is 1. The van der Waals surface area contributed by atoms with Crippen molar-refractivity contribution in [1.82, 2.24) is 25.8 Å². The average molecular weight is 545 g/mol. The van der Waals surface area contributed by atoms with Gasteiger partial charge in [0.25, 0.3) is 0 Å². The standard InChI is InChI=1S/C23H40N6O.HI/c1-6-24-22(26-17-21(30)27-23(3,4)5)25-16-19-10-8-9-11-20(19)18-29-14-12-28(7-2)13-15-29;/h8-11H,6-7,12-18H2,1-5H3,(H,27,30)(H2,24,25,26);1H. The SMILES string of the molecule is CCNC(=NCc1ccccc1CN1CCN(CC)CC1)NCC(=O)NC(C)(C)C.I. The highest BCUT2D eigenvalue weighted by atomic mass is 127. The van der Waals surface area contributed by atoms with Gasteiger partial charge >= 0.3 is 0 Å². The number of amides is 1. The molecular formula is C23H41IN6O. The number of aliphatic imine (C=N–C) groups is 1. The minimum Gasteiger partial charge on any atom is -0.357 e. The Kier molecular flexibility index (Phi) is 12.4. The summed E-state index contributed by atoms with van der Waals surface area (Å²) in [6.07, 6.45) is 0. The molecule has 0 radical (unpaired) electrons. The van der Waals surface area contributed by atoms with Gasteiger partial charge in [-0.25, -0.2) is 4.99 Å². The summed E-state index contributed by atoms with van der Waals surface area (Å²) < 4.78 is 0. The quantitative estimate of drug-likeness (QED) is 0.267. The van der Waals surface area contributed by atoms with E-state index in [2.05, 4.69) is 56.9 Å². The van der Waals surface area contributed by atoms with E-state index < -0.39 is 0 Å². The lowest BCUT2D eigenvalue weighted by Crippen LogP contribution is -2.48. The molecule has 1 aliphatic rings. The van der Waals surface area contributed by atoms with Gasteiger partial charge in [0.1, 0.15) is 0 Å². The van der Waals surface area contributed by atoms with Gasteiger partial charge in [0.15, 0.2) is 5.96 Å². The highest BCUT2D eigenvalue weighted by Crippen LogP contribution is 2.14.